The molecule has 0 aliphatic rings. The van der Waals surface area contributed by atoms with Crippen molar-refractivity contribution in [2.75, 3.05) is 6.54 Å². The smallest absolute Gasteiger partial charge is 0.336 e. The first-order valence-electron chi connectivity index (χ1n) is 10.3. The standard InChI is InChI=1S/C27H25NO4S/c1-3-20-28(33(30,31)25-17-14-22(2)15-18-25)21-26(24-12-8-5-9-13-24)32-27(29)19-16-23-10-6-4-7-11-23/h3-19,21H,1,20H2,2H3/b19-16+,26-21-. The molecule has 0 atom stereocenters. The lowest BCUT2D eigenvalue weighted by molar-refractivity contribution is -0.131. The van der Waals surface area contributed by atoms with Gasteiger partial charge in [0.05, 0.1) is 17.6 Å². The van der Waals surface area contributed by atoms with Crippen LogP contribution < -0.4 is 0 Å². The van der Waals surface area contributed by atoms with Gasteiger partial charge in [-0.25, -0.2) is 13.2 Å². The second-order valence-corrected chi connectivity index (χ2v) is 9.09. The van der Waals surface area contributed by atoms with Gasteiger partial charge in [-0.3, -0.25) is 4.31 Å². The van der Waals surface area contributed by atoms with Crippen LogP contribution in [-0.2, 0) is 19.6 Å². The van der Waals surface area contributed by atoms with Crippen molar-refractivity contribution in [3.05, 3.63) is 127 Å². The van der Waals surface area contributed by atoms with Gasteiger partial charge in [0.25, 0.3) is 10.0 Å². The molecule has 0 fully saturated rings. The molecule has 0 aliphatic carbocycles. The number of benzene rings is 3. The maximum absolute atomic E-state index is 13.3. The fraction of sp³-hybridized carbons (Fsp3) is 0.0741. The topological polar surface area (TPSA) is 63.7 Å². The SMILES string of the molecule is C=CCN(/C=C(\OC(=O)/C=C/c1ccccc1)c1ccccc1)S(=O)(=O)c1ccc(C)cc1. The Kier molecular flexibility index (Phi) is 8.00. The van der Waals surface area contributed by atoms with Crippen molar-refractivity contribution in [3.63, 3.8) is 0 Å². The highest BCUT2D eigenvalue weighted by Crippen LogP contribution is 2.22. The van der Waals surface area contributed by atoms with Crippen LogP contribution >= 0.6 is 0 Å². The molecule has 0 radical (unpaired) electrons. The molecule has 0 heterocycles. The number of hydrogen-bond donors (Lipinski definition) is 0. The highest BCUT2D eigenvalue weighted by Gasteiger charge is 2.22. The molecule has 0 N–H and O–H groups in total. The summed E-state index contributed by atoms with van der Waals surface area (Å²) in [6.45, 7) is 5.56. The normalized spacial score (nSPS) is 11.8. The molecule has 5 nitrogen and oxygen atoms in total. The zero-order chi connectivity index (χ0) is 23.7. The van der Waals surface area contributed by atoms with Crippen LogP contribution in [0.2, 0.25) is 0 Å². The van der Waals surface area contributed by atoms with E-state index in [9.17, 15) is 13.2 Å². The average Bonchev–Trinajstić information content (AvgIpc) is 2.83. The quantitative estimate of drug-likeness (QED) is 0.185. The Balaban J connectivity index is 1.96. The molecule has 0 aliphatic heterocycles. The molecule has 3 rings (SSSR count). The van der Waals surface area contributed by atoms with E-state index in [0.717, 1.165) is 15.4 Å². The van der Waals surface area contributed by atoms with Gasteiger partial charge in [0, 0.05) is 11.6 Å². The van der Waals surface area contributed by atoms with Crippen LogP contribution in [0.15, 0.2) is 115 Å². The molecule has 0 amide bonds. The molecule has 3 aromatic rings. The highest BCUT2D eigenvalue weighted by atomic mass is 32.2. The van der Waals surface area contributed by atoms with Crippen molar-refractivity contribution in [2.45, 2.75) is 11.8 Å². The Labute approximate surface area is 195 Å². The van der Waals surface area contributed by atoms with Crippen LogP contribution in [0.25, 0.3) is 11.8 Å². The van der Waals surface area contributed by atoms with E-state index in [0.29, 0.717) is 5.56 Å². The number of hydrogen-bond acceptors (Lipinski definition) is 4. The van der Waals surface area contributed by atoms with E-state index < -0.39 is 16.0 Å². The molecule has 6 heteroatoms. The second-order valence-electron chi connectivity index (χ2n) is 7.20. The van der Waals surface area contributed by atoms with Gasteiger partial charge in [-0.2, -0.15) is 0 Å². The largest absolute Gasteiger partial charge is 0.421 e. The number of nitrogens with zero attached hydrogens (tertiary/aromatic N) is 1. The van der Waals surface area contributed by atoms with Gasteiger partial charge in [-0.1, -0.05) is 84.4 Å². The summed E-state index contributed by atoms with van der Waals surface area (Å²) >= 11 is 0. The molecule has 0 spiro atoms. The van der Waals surface area contributed by atoms with E-state index >= 15 is 0 Å². The van der Waals surface area contributed by atoms with Crippen LogP contribution in [0, 0.1) is 6.92 Å². The molecule has 0 saturated heterocycles. The van der Waals surface area contributed by atoms with Gasteiger partial charge in [0.2, 0.25) is 0 Å². The van der Waals surface area contributed by atoms with E-state index in [1.807, 2.05) is 43.3 Å². The van der Waals surface area contributed by atoms with Gasteiger partial charge in [0.1, 0.15) is 0 Å². The van der Waals surface area contributed by atoms with Crippen LogP contribution in [-0.4, -0.2) is 25.2 Å². The predicted molar refractivity (Wildman–Crippen MR) is 131 cm³/mol. The molecular weight excluding hydrogens is 434 g/mol. The number of ether oxygens (including phenoxy) is 1. The number of carbonyl (C=O) groups is 1. The zero-order valence-electron chi connectivity index (χ0n) is 18.3. The minimum atomic E-state index is -3.90. The first-order valence-corrected chi connectivity index (χ1v) is 11.8. The maximum atomic E-state index is 13.3. The van der Waals surface area contributed by atoms with E-state index in [1.54, 1.807) is 54.6 Å². The first kappa shape index (κ1) is 23.8. The first-order chi connectivity index (χ1) is 15.9. The molecule has 33 heavy (non-hydrogen) atoms. The minimum Gasteiger partial charge on any atom is -0.421 e. The Morgan fingerprint density at radius 3 is 2.15 bits per heavy atom. The van der Waals surface area contributed by atoms with Crippen LogP contribution in [0.3, 0.4) is 0 Å². The van der Waals surface area contributed by atoms with Crippen molar-refractivity contribution in [2.24, 2.45) is 0 Å². The van der Waals surface area contributed by atoms with Crippen molar-refractivity contribution in [1.82, 2.24) is 4.31 Å². The summed E-state index contributed by atoms with van der Waals surface area (Å²) < 4.78 is 33.2. The Hall–Kier alpha value is -3.90. The van der Waals surface area contributed by atoms with Crippen molar-refractivity contribution in [1.29, 1.82) is 0 Å². The zero-order valence-corrected chi connectivity index (χ0v) is 19.1. The molecule has 0 aromatic heterocycles. The van der Waals surface area contributed by atoms with Crippen LogP contribution in [0.4, 0.5) is 0 Å². The second kappa shape index (κ2) is 11.1. The third-order valence-corrected chi connectivity index (χ3v) is 6.42. The van der Waals surface area contributed by atoms with Crippen LogP contribution in [0.5, 0.6) is 0 Å². The van der Waals surface area contributed by atoms with E-state index in [2.05, 4.69) is 6.58 Å². The Morgan fingerprint density at radius 1 is 0.939 bits per heavy atom. The van der Waals surface area contributed by atoms with E-state index in [-0.39, 0.29) is 17.2 Å². The molecular formula is C27H25NO4S. The summed E-state index contributed by atoms with van der Waals surface area (Å²) in [5, 5.41) is 0. The number of esters is 1. The third-order valence-electron chi connectivity index (χ3n) is 4.68. The molecule has 0 bridgehead atoms. The summed E-state index contributed by atoms with van der Waals surface area (Å²) in [4.78, 5) is 12.7. The van der Waals surface area contributed by atoms with Crippen molar-refractivity contribution in [3.8, 4) is 0 Å². The lowest BCUT2D eigenvalue weighted by atomic mass is 10.2. The lowest BCUT2D eigenvalue weighted by Gasteiger charge is -2.21. The minimum absolute atomic E-state index is 0.00392. The fourth-order valence-electron chi connectivity index (χ4n) is 2.96. The summed E-state index contributed by atoms with van der Waals surface area (Å²) in [7, 11) is -3.90. The summed E-state index contributed by atoms with van der Waals surface area (Å²) in [6, 6.07) is 24.8. The number of carbonyl (C=O) groups excluding carboxylic acids is 1. The summed E-state index contributed by atoms with van der Waals surface area (Å²) in [5.41, 5.74) is 2.35. The molecule has 0 saturated carbocycles. The molecule has 0 unspecified atom stereocenters. The Bertz CT molecular complexity index is 1250. The van der Waals surface area contributed by atoms with E-state index in [4.69, 9.17) is 4.74 Å². The average molecular weight is 460 g/mol. The van der Waals surface area contributed by atoms with Crippen LogP contribution in [0.1, 0.15) is 16.7 Å². The van der Waals surface area contributed by atoms with E-state index in [1.165, 1.54) is 18.4 Å². The predicted octanol–water partition coefficient (Wildman–Crippen LogP) is 5.43. The van der Waals surface area contributed by atoms with Gasteiger partial charge < -0.3 is 4.74 Å². The maximum Gasteiger partial charge on any atom is 0.336 e. The lowest BCUT2D eigenvalue weighted by Crippen LogP contribution is -2.27. The summed E-state index contributed by atoms with van der Waals surface area (Å²) in [6.07, 6.45) is 5.73. The van der Waals surface area contributed by atoms with Gasteiger partial charge in [-0.15, -0.1) is 6.58 Å². The van der Waals surface area contributed by atoms with Gasteiger partial charge in [-0.05, 0) is 30.7 Å². The number of aryl methyl sites for hydroxylation is 1. The highest BCUT2D eigenvalue weighted by molar-refractivity contribution is 7.89. The monoisotopic (exact) mass is 459 g/mol. The van der Waals surface area contributed by atoms with Gasteiger partial charge >= 0.3 is 5.97 Å². The fourth-order valence-corrected chi connectivity index (χ4v) is 4.24. The molecule has 3 aromatic carbocycles. The van der Waals surface area contributed by atoms with Crippen molar-refractivity contribution < 1.29 is 17.9 Å². The Morgan fingerprint density at radius 2 is 1.55 bits per heavy atom. The molecule has 168 valence electrons. The number of sulfonamides is 1. The summed E-state index contributed by atoms with van der Waals surface area (Å²) in [5.74, 6) is -0.518. The third kappa shape index (κ3) is 6.54. The number of rotatable bonds is 9. The van der Waals surface area contributed by atoms with Crippen molar-refractivity contribution >= 4 is 27.8 Å². The van der Waals surface area contributed by atoms with Gasteiger partial charge in [0.15, 0.2) is 5.76 Å².